The molecule has 0 unspecified atom stereocenters. The molecule has 4 atom stereocenters. The number of carbonyl (C=O) groups excluding carboxylic acids is 1. The third kappa shape index (κ3) is 3.42. The number of aliphatic hydroxyl groups is 1. The molecule has 7 heteroatoms. The number of likely N-dealkylation sites (tertiary alicyclic amines) is 1. The lowest BCUT2D eigenvalue weighted by molar-refractivity contribution is -0.134. The van der Waals surface area contributed by atoms with Gasteiger partial charge in [0.1, 0.15) is 11.5 Å². The Balaban J connectivity index is 1.29. The van der Waals surface area contributed by atoms with Gasteiger partial charge in [0.2, 0.25) is 5.91 Å². The van der Waals surface area contributed by atoms with E-state index in [4.69, 9.17) is 11.6 Å². The van der Waals surface area contributed by atoms with Gasteiger partial charge >= 0.3 is 0 Å². The van der Waals surface area contributed by atoms with E-state index >= 15 is 0 Å². The standard InChI is InChI=1S/C27H31ClN2O4/c28-23-11-21(32)6-4-18(23)14-29-25(33)19-12-26-7-8-30(15-16-1-2-16)24(27(26,34)13-19)9-17-3-5-20(31)10-22(17)26/h3-6,10-11,16,19,24,31-32,34H,1-2,7-9,12-15H2,(H,29,33)/t19-,24-,26-,27-/m1/s1. The average Bonchev–Trinajstić information content (AvgIpc) is 3.54. The fourth-order valence-corrected chi connectivity index (χ4v) is 7.26. The van der Waals surface area contributed by atoms with Crippen LogP contribution in [-0.4, -0.2) is 50.9 Å². The van der Waals surface area contributed by atoms with Gasteiger partial charge in [0.15, 0.2) is 0 Å². The molecule has 34 heavy (non-hydrogen) atoms. The van der Waals surface area contributed by atoms with Crippen LogP contribution in [-0.2, 0) is 23.2 Å². The van der Waals surface area contributed by atoms with Crippen LogP contribution in [0.3, 0.4) is 0 Å². The highest BCUT2D eigenvalue weighted by Gasteiger charge is 2.68. The largest absolute Gasteiger partial charge is 0.508 e. The quantitative estimate of drug-likeness (QED) is 0.523. The molecule has 2 bridgehead atoms. The van der Waals surface area contributed by atoms with E-state index in [0.717, 1.165) is 43.0 Å². The molecule has 2 saturated carbocycles. The second-order valence-electron chi connectivity index (χ2n) is 10.9. The number of phenols is 2. The number of phenolic OH excluding ortho intramolecular Hbond substituents is 2. The number of hydrogen-bond acceptors (Lipinski definition) is 5. The molecule has 4 aliphatic rings. The van der Waals surface area contributed by atoms with Crippen LogP contribution in [0, 0.1) is 11.8 Å². The predicted octanol–water partition coefficient (Wildman–Crippen LogP) is 3.49. The summed E-state index contributed by atoms with van der Waals surface area (Å²) in [5.74, 6) is 0.628. The number of carbonyl (C=O) groups is 1. The zero-order valence-corrected chi connectivity index (χ0v) is 19.9. The molecule has 0 radical (unpaired) electrons. The Hall–Kier alpha value is -2.28. The highest BCUT2D eigenvalue weighted by Crippen LogP contribution is 2.62. The number of nitrogens with one attached hydrogen (secondary N) is 1. The van der Waals surface area contributed by atoms with Crippen molar-refractivity contribution in [1.29, 1.82) is 0 Å². The summed E-state index contributed by atoms with van der Waals surface area (Å²) < 4.78 is 0. The second-order valence-corrected chi connectivity index (χ2v) is 11.3. The maximum atomic E-state index is 13.3. The van der Waals surface area contributed by atoms with Crippen molar-refractivity contribution in [3.8, 4) is 11.5 Å². The van der Waals surface area contributed by atoms with Gasteiger partial charge < -0.3 is 20.6 Å². The smallest absolute Gasteiger partial charge is 0.223 e. The van der Waals surface area contributed by atoms with Gasteiger partial charge in [-0.1, -0.05) is 23.7 Å². The van der Waals surface area contributed by atoms with Crippen molar-refractivity contribution in [2.24, 2.45) is 11.8 Å². The van der Waals surface area contributed by atoms with E-state index in [2.05, 4.69) is 10.2 Å². The van der Waals surface area contributed by atoms with Crippen LogP contribution < -0.4 is 5.32 Å². The van der Waals surface area contributed by atoms with Gasteiger partial charge in [-0.25, -0.2) is 0 Å². The number of aromatic hydroxyl groups is 2. The number of nitrogens with zero attached hydrogens (tertiary/aromatic N) is 1. The zero-order valence-electron chi connectivity index (χ0n) is 19.1. The summed E-state index contributed by atoms with van der Waals surface area (Å²) in [7, 11) is 0. The van der Waals surface area contributed by atoms with Gasteiger partial charge in [0, 0.05) is 35.5 Å². The number of halogens is 1. The van der Waals surface area contributed by atoms with E-state index in [1.807, 2.05) is 12.1 Å². The molecule has 2 aromatic rings. The summed E-state index contributed by atoms with van der Waals surface area (Å²) in [4.78, 5) is 15.8. The monoisotopic (exact) mass is 482 g/mol. The summed E-state index contributed by atoms with van der Waals surface area (Å²) in [5, 5.41) is 35.6. The van der Waals surface area contributed by atoms with Crippen molar-refractivity contribution in [2.75, 3.05) is 13.1 Å². The number of amides is 1. The second kappa shape index (κ2) is 7.87. The summed E-state index contributed by atoms with van der Waals surface area (Å²) in [6.07, 6.45) is 5.06. The van der Waals surface area contributed by atoms with Crippen LogP contribution in [0.4, 0.5) is 0 Å². The fourth-order valence-electron chi connectivity index (χ4n) is 7.02. The van der Waals surface area contributed by atoms with Crippen molar-refractivity contribution >= 4 is 17.5 Å². The first-order valence-corrected chi connectivity index (χ1v) is 12.7. The fraction of sp³-hybridized carbons (Fsp3) is 0.519. The van der Waals surface area contributed by atoms with Gasteiger partial charge in [0.05, 0.1) is 5.60 Å². The molecule has 3 fully saturated rings. The number of piperidine rings is 1. The van der Waals surface area contributed by atoms with Crippen LogP contribution in [0.5, 0.6) is 11.5 Å². The highest BCUT2D eigenvalue weighted by atomic mass is 35.5. The highest BCUT2D eigenvalue weighted by molar-refractivity contribution is 6.31. The SMILES string of the molecule is O=C(NCc1ccc(O)cc1Cl)[C@@H]1C[C@]23CCN(CC4CC4)[C@H](Cc4ccc(O)cc42)[C@]3(O)C1. The van der Waals surface area contributed by atoms with Crippen LogP contribution in [0.1, 0.15) is 48.8 Å². The van der Waals surface area contributed by atoms with Gasteiger partial charge in [-0.3, -0.25) is 9.69 Å². The summed E-state index contributed by atoms with van der Waals surface area (Å²) in [6, 6.07) is 10.3. The first-order chi connectivity index (χ1) is 16.3. The maximum Gasteiger partial charge on any atom is 0.223 e. The molecule has 4 N–H and O–H groups in total. The van der Waals surface area contributed by atoms with Crippen molar-refractivity contribution in [3.63, 3.8) is 0 Å². The van der Waals surface area contributed by atoms with Crippen molar-refractivity contribution in [2.45, 2.75) is 62.1 Å². The van der Waals surface area contributed by atoms with E-state index in [9.17, 15) is 20.1 Å². The molecule has 1 aliphatic heterocycles. The average molecular weight is 483 g/mol. The van der Waals surface area contributed by atoms with E-state index in [0.29, 0.717) is 17.9 Å². The van der Waals surface area contributed by atoms with E-state index in [1.165, 1.54) is 24.5 Å². The first-order valence-electron chi connectivity index (χ1n) is 12.3. The Bertz CT molecular complexity index is 1150. The zero-order chi connectivity index (χ0) is 23.7. The minimum Gasteiger partial charge on any atom is -0.508 e. The van der Waals surface area contributed by atoms with Crippen LogP contribution >= 0.6 is 11.6 Å². The molecular formula is C27H31ClN2O4. The van der Waals surface area contributed by atoms with Gasteiger partial charge in [-0.05, 0) is 91.9 Å². The molecule has 180 valence electrons. The van der Waals surface area contributed by atoms with Crippen molar-refractivity contribution < 1.29 is 20.1 Å². The summed E-state index contributed by atoms with van der Waals surface area (Å²) in [5.41, 5.74) is 1.42. The molecule has 6 nitrogen and oxygen atoms in total. The number of rotatable bonds is 5. The Labute approximate surface area is 204 Å². The van der Waals surface area contributed by atoms with Crippen LogP contribution in [0.25, 0.3) is 0 Å². The summed E-state index contributed by atoms with van der Waals surface area (Å²) in [6.45, 7) is 2.21. The maximum absolute atomic E-state index is 13.3. The normalized spacial score (nSPS) is 32.2. The molecule has 2 aromatic carbocycles. The molecule has 0 aromatic heterocycles. The Morgan fingerprint density at radius 1 is 1.12 bits per heavy atom. The van der Waals surface area contributed by atoms with E-state index in [-0.39, 0.29) is 35.9 Å². The molecule has 3 aliphatic carbocycles. The van der Waals surface area contributed by atoms with Gasteiger partial charge in [-0.2, -0.15) is 0 Å². The Kier molecular flexibility index (Phi) is 5.14. The van der Waals surface area contributed by atoms with Gasteiger partial charge in [0.25, 0.3) is 0 Å². The Morgan fingerprint density at radius 2 is 1.88 bits per heavy atom. The molecule has 1 heterocycles. The lowest BCUT2D eigenvalue weighted by atomic mass is 9.56. The molecule has 6 rings (SSSR count). The van der Waals surface area contributed by atoms with E-state index in [1.54, 1.807) is 18.2 Å². The molecule has 1 amide bonds. The van der Waals surface area contributed by atoms with Gasteiger partial charge in [-0.15, -0.1) is 0 Å². The molecule has 0 spiro atoms. The van der Waals surface area contributed by atoms with Crippen LogP contribution in [0.2, 0.25) is 5.02 Å². The first kappa shape index (κ1) is 22.2. The van der Waals surface area contributed by atoms with E-state index < -0.39 is 11.0 Å². The number of benzene rings is 2. The molecule has 1 saturated heterocycles. The third-order valence-corrected chi connectivity index (χ3v) is 9.22. The Morgan fingerprint density at radius 3 is 2.65 bits per heavy atom. The number of fused-ring (bicyclic) bond motifs is 1. The lowest BCUT2D eigenvalue weighted by Gasteiger charge is -2.59. The predicted molar refractivity (Wildman–Crippen MR) is 129 cm³/mol. The third-order valence-electron chi connectivity index (χ3n) is 8.87. The van der Waals surface area contributed by atoms with Crippen LogP contribution in [0.15, 0.2) is 36.4 Å². The lowest BCUT2D eigenvalue weighted by Crippen LogP contribution is -2.69. The van der Waals surface area contributed by atoms with Crippen molar-refractivity contribution in [3.05, 3.63) is 58.1 Å². The topological polar surface area (TPSA) is 93.0 Å². The number of hydrogen-bond donors (Lipinski definition) is 4. The molecular weight excluding hydrogens is 452 g/mol. The minimum absolute atomic E-state index is 0.0109. The minimum atomic E-state index is -1.00. The van der Waals surface area contributed by atoms with Crippen molar-refractivity contribution in [1.82, 2.24) is 10.2 Å². The summed E-state index contributed by atoms with van der Waals surface area (Å²) >= 11 is 6.22.